The van der Waals surface area contributed by atoms with Crippen molar-refractivity contribution >= 4 is 39.1 Å². The van der Waals surface area contributed by atoms with Crippen LogP contribution in [0.3, 0.4) is 0 Å². The monoisotopic (exact) mass is 296 g/mol. The molecule has 4 nitrogen and oxygen atoms in total. The Balaban J connectivity index is 1.97. The van der Waals surface area contributed by atoms with Crippen molar-refractivity contribution in [3.8, 4) is 10.6 Å². The van der Waals surface area contributed by atoms with E-state index < -0.39 is 0 Å². The Labute approximate surface area is 126 Å². The first-order valence-electron chi connectivity index (χ1n) is 6.67. The van der Waals surface area contributed by atoms with Crippen LogP contribution in [0, 0.1) is 0 Å². The number of benzene rings is 1. The van der Waals surface area contributed by atoms with Crippen molar-refractivity contribution in [3.05, 3.63) is 42.6 Å². The summed E-state index contributed by atoms with van der Waals surface area (Å²) in [5.74, 6) is 0. The van der Waals surface area contributed by atoms with E-state index in [-0.39, 0.29) is 4.65 Å². The van der Waals surface area contributed by atoms with Crippen molar-refractivity contribution in [2.75, 3.05) is 14.2 Å². The second kappa shape index (κ2) is 4.46. The van der Waals surface area contributed by atoms with E-state index in [0.717, 1.165) is 21.9 Å². The summed E-state index contributed by atoms with van der Waals surface area (Å²) in [6, 6.07) is 12.5. The van der Waals surface area contributed by atoms with Gasteiger partial charge >= 0.3 is 0 Å². The zero-order valence-corrected chi connectivity index (χ0v) is 12.6. The summed E-state index contributed by atoms with van der Waals surface area (Å²) in [5, 5.41) is 1.24. The number of quaternary nitrogens is 1. The molecule has 2 aromatic heterocycles. The van der Waals surface area contributed by atoms with Gasteiger partial charge in [0.2, 0.25) is 12.0 Å². The Morgan fingerprint density at radius 3 is 2.86 bits per heavy atom. The number of fused-ring (bicyclic) bond motifs is 2. The third-order valence-corrected chi connectivity index (χ3v) is 4.93. The number of hydrogen-bond donors (Lipinski definition) is 0. The van der Waals surface area contributed by atoms with Gasteiger partial charge in [-0.1, -0.05) is 18.2 Å². The Bertz CT molecular complexity index is 838. The van der Waals surface area contributed by atoms with E-state index in [9.17, 15) is 0 Å². The molecule has 1 aliphatic rings. The molecule has 0 radical (unpaired) electrons. The molecular weight excluding hydrogens is 282 g/mol. The highest BCUT2D eigenvalue weighted by molar-refractivity contribution is 7.22. The fraction of sp³-hybridized carbons (Fsp3) is 0.125. The number of pyridine rings is 1. The molecule has 0 fully saturated rings. The van der Waals surface area contributed by atoms with Gasteiger partial charge in [-0.2, -0.15) is 9.83 Å². The summed E-state index contributed by atoms with van der Waals surface area (Å²) >= 11 is 1.74. The zero-order chi connectivity index (χ0) is 14.4. The molecule has 1 aromatic carbocycles. The Morgan fingerprint density at radius 2 is 2.05 bits per heavy atom. The first-order chi connectivity index (χ1) is 10.2. The van der Waals surface area contributed by atoms with Gasteiger partial charge in [0.25, 0.3) is 0 Å². The number of hydroxylamine groups is 2. The third-order valence-electron chi connectivity index (χ3n) is 3.80. The van der Waals surface area contributed by atoms with Gasteiger partial charge in [-0.05, 0) is 23.6 Å². The molecular formula is C16H14N3OS+. The Hall–Kier alpha value is -2.08. The minimum Gasteiger partial charge on any atom is -0.249 e. The Morgan fingerprint density at radius 1 is 1.19 bits per heavy atom. The van der Waals surface area contributed by atoms with Gasteiger partial charge < -0.3 is 0 Å². The Kier molecular flexibility index (Phi) is 2.68. The zero-order valence-electron chi connectivity index (χ0n) is 11.8. The van der Waals surface area contributed by atoms with E-state index in [4.69, 9.17) is 4.84 Å². The van der Waals surface area contributed by atoms with E-state index in [2.05, 4.69) is 40.3 Å². The number of aliphatic imine (C=N–C) groups is 1. The van der Waals surface area contributed by atoms with E-state index in [0.29, 0.717) is 0 Å². The van der Waals surface area contributed by atoms with Crippen LogP contribution in [-0.4, -0.2) is 25.5 Å². The highest BCUT2D eigenvalue weighted by atomic mass is 32.1. The van der Waals surface area contributed by atoms with Crippen LogP contribution in [0.5, 0.6) is 0 Å². The predicted octanol–water partition coefficient (Wildman–Crippen LogP) is 4.14. The maximum atomic E-state index is 5.61. The minimum atomic E-state index is 0.215. The molecule has 1 unspecified atom stereocenters. The van der Waals surface area contributed by atoms with Gasteiger partial charge in [0, 0.05) is 10.9 Å². The van der Waals surface area contributed by atoms with Gasteiger partial charge in [-0.3, -0.25) is 0 Å². The number of nitrogens with zero attached hydrogens (tertiary/aromatic N) is 3. The molecule has 0 saturated heterocycles. The summed E-state index contributed by atoms with van der Waals surface area (Å²) < 4.78 is 1.48. The molecule has 1 aliphatic heterocycles. The normalized spacial score (nSPS) is 20.1. The molecule has 1 atom stereocenters. The molecule has 3 aromatic rings. The molecule has 0 spiro atoms. The smallest absolute Gasteiger partial charge is 0.228 e. The van der Waals surface area contributed by atoms with Crippen LogP contribution in [0.1, 0.15) is 0 Å². The van der Waals surface area contributed by atoms with Gasteiger partial charge in [0.05, 0.1) is 12.0 Å². The van der Waals surface area contributed by atoms with Crippen molar-refractivity contribution < 1.29 is 4.84 Å². The van der Waals surface area contributed by atoms with Crippen LogP contribution >= 0.6 is 11.3 Å². The maximum absolute atomic E-state index is 5.61. The maximum Gasteiger partial charge on any atom is 0.228 e. The molecule has 104 valence electrons. The van der Waals surface area contributed by atoms with Gasteiger partial charge in [0.15, 0.2) is 0 Å². The van der Waals surface area contributed by atoms with Crippen LogP contribution in [0.25, 0.3) is 20.7 Å². The van der Waals surface area contributed by atoms with E-state index in [1.165, 1.54) is 10.1 Å². The van der Waals surface area contributed by atoms with E-state index >= 15 is 0 Å². The predicted molar refractivity (Wildman–Crippen MR) is 87.9 cm³/mol. The second-order valence-corrected chi connectivity index (χ2v) is 6.18. The van der Waals surface area contributed by atoms with Gasteiger partial charge in [-0.15, -0.1) is 16.0 Å². The average Bonchev–Trinajstić information content (AvgIpc) is 3.09. The van der Waals surface area contributed by atoms with Crippen LogP contribution in [0.15, 0.2) is 47.6 Å². The molecule has 0 saturated carbocycles. The van der Waals surface area contributed by atoms with E-state index in [1.54, 1.807) is 31.0 Å². The number of rotatable bonds is 2. The lowest BCUT2D eigenvalue weighted by atomic mass is 10.2. The average molecular weight is 296 g/mol. The summed E-state index contributed by atoms with van der Waals surface area (Å²) in [7, 11) is 3.65. The molecule has 4 rings (SSSR count). The highest BCUT2D eigenvalue weighted by Gasteiger charge is 2.37. The number of aromatic nitrogens is 1. The quantitative estimate of drug-likeness (QED) is 0.666. The summed E-state index contributed by atoms with van der Waals surface area (Å²) in [6.07, 6.45) is 3.60. The lowest BCUT2D eigenvalue weighted by Gasteiger charge is -2.21. The van der Waals surface area contributed by atoms with Crippen molar-refractivity contribution in [2.24, 2.45) is 4.99 Å². The van der Waals surface area contributed by atoms with Crippen molar-refractivity contribution in [3.63, 3.8) is 0 Å². The lowest BCUT2D eigenvalue weighted by Crippen LogP contribution is -2.40. The van der Waals surface area contributed by atoms with Crippen LogP contribution in [0.2, 0.25) is 0 Å². The molecule has 0 amide bonds. The molecule has 0 aliphatic carbocycles. The van der Waals surface area contributed by atoms with Crippen LogP contribution in [0.4, 0.5) is 11.4 Å². The molecule has 21 heavy (non-hydrogen) atoms. The van der Waals surface area contributed by atoms with Crippen molar-refractivity contribution in [1.82, 2.24) is 9.63 Å². The van der Waals surface area contributed by atoms with E-state index in [1.807, 2.05) is 13.1 Å². The molecule has 0 N–H and O–H groups in total. The molecule has 3 heterocycles. The van der Waals surface area contributed by atoms with Crippen LogP contribution < -0.4 is 4.65 Å². The molecule has 0 bridgehead atoms. The SMILES string of the molecule is CO[N+]1(C)C=Nc2ccnc(-c3cc4ccccc4s3)c21. The van der Waals surface area contributed by atoms with Crippen molar-refractivity contribution in [1.29, 1.82) is 0 Å². The standard InChI is InChI=1S/C16H14N3OS/c1-19(20-2)10-18-12-7-8-17-15(16(12)19)14-9-11-5-3-4-6-13(11)21-14/h3-10H,1-2H3/q+1. The van der Waals surface area contributed by atoms with Crippen LogP contribution in [-0.2, 0) is 4.84 Å². The van der Waals surface area contributed by atoms with Gasteiger partial charge in [-0.25, -0.2) is 4.98 Å². The highest BCUT2D eigenvalue weighted by Crippen LogP contribution is 2.45. The third kappa shape index (κ3) is 1.82. The summed E-state index contributed by atoms with van der Waals surface area (Å²) in [5.41, 5.74) is 2.85. The fourth-order valence-corrected chi connectivity index (χ4v) is 3.69. The lowest BCUT2D eigenvalue weighted by molar-refractivity contribution is -0.0258. The second-order valence-electron chi connectivity index (χ2n) is 5.09. The number of thiophene rings is 1. The first kappa shape index (κ1) is 12.6. The number of hydrogen-bond acceptors (Lipinski definition) is 4. The van der Waals surface area contributed by atoms with Crippen molar-refractivity contribution in [2.45, 2.75) is 0 Å². The summed E-state index contributed by atoms with van der Waals surface area (Å²) in [4.78, 5) is 15.8. The summed E-state index contributed by atoms with van der Waals surface area (Å²) in [6.45, 7) is 0. The largest absolute Gasteiger partial charge is 0.249 e. The minimum absolute atomic E-state index is 0.215. The molecule has 5 heteroatoms. The first-order valence-corrected chi connectivity index (χ1v) is 7.48. The fourth-order valence-electron chi connectivity index (χ4n) is 2.63. The topological polar surface area (TPSA) is 34.5 Å². The van der Waals surface area contributed by atoms with Gasteiger partial charge in [0.1, 0.15) is 18.4 Å².